The van der Waals surface area contributed by atoms with Crippen molar-refractivity contribution >= 4 is 0 Å². The summed E-state index contributed by atoms with van der Waals surface area (Å²) >= 11 is 0. The summed E-state index contributed by atoms with van der Waals surface area (Å²) in [6, 6.07) is -0.282. The second-order valence-corrected chi connectivity index (χ2v) is 11.4. The lowest BCUT2D eigenvalue weighted by Gasteiger charge is -2.70. The highest BCUT2D eigenvalue weighted by Gasteiger charge is 2.90. The highest BCUT2D eigenvalue weighted by Crippen LogP contribution is 2.80. The number of methoxy groups -OCH3 is 2. The molecule has 0 aromatic carbocycles. The Labute approximate surface area is 183 Å². The van der Waals surface area contributed by atoms with E-state index in [1.807, 2.05) is 0 Å². The zero-order chi connectivity index (χ0) is 22.1. The molecule has 5 N–H and O–H groups in total. The van der Waals surface area contributed by atoms with Gasteiger partial charge in [-0.05, 0) is 25.8 Å². The van der Waals surface area contributed by atoms with Crippen molar-refractivity contribution in [1.29, 1.82) is 0 Å². The Kier molecular flexibility index (Phi) is 4.26. The fraction of sp³-hybridized carbons (Fsp3) is 1.00. The Morgan fingerprint density at radius 3 is 2.42 bits per heavy atom. The Bertz CT molecular complexity index is 783. The number of hydrogen-bond acceptors (Lipinski definition) is 8. The molecule has 6 fully saturated rings. The van der Waals surface area contributed by atoms with E-state index < -0.39 is 46.3 Å². The van der Waals surface area contributed by atoms with Crippen LogP contribution in [0, 0.1) is 34.5 Å². The predicted octanol–water partition coefficient (Wildman–Crippen LogP) is -1.04. The Hall–Kier alpha value is -0.320. The quantitative estimate of drug-likeness (QED) is 0.377. The number of aliphatic hydroxyl groups excluding tert-OH is 3. The summed E-state index contributed by atoms with van der Waals surface area (Å²) in [5.41, 5.74) is -4.33. The third kappa shape index (κ3) is 1.93. The first-order chi connectivity index (χ1) is 14.7. The summed E-state index contributed by atoms with van der Waals surface area (Å²) in [6.07, 6.45) is -0.720. The maximum atomic E-state index is 12.6. The lowest BCUT2D eigenvalue weighted by atomic mass is 9.41. The van der Waals surface area contributed by atoms with Gasteiger partial charge in [0.1, 0.15) is 0 Å². The lowest BCUT2D eigenvalue weighted by Crippen LogP contribution is -2.81. The molecule has 6 rings (SSSR count). The molecule has 0 amide bonds. The summed E-state index contributed by atoms with van der Waals surface area (Å²) in [6.45, 7) is 3.37. The van der Waals surface area contributed by atoms with E-state index in [0.717, 1.165) is 0 Å². The summed E-state index contributed by atoms with van der Waals surface area (Å²) in [5, 5.41) is 58.8. The first-order valence-corrected chi connectivity index (χ1v) is 11.9. The highest BCUT2D eigenvalue weighted by atomic mass is 16.5. The monoisotopic (exact) mass is 439 g/mol. The van der Waals surface area contributed by atoms with Gasteiger partial charge in [0, 0.05) is 67.7 Å². The molecule has 5 saturated carbocycles. The van der Waals surface area contributed by atoms with Crippen LogP contribution in [-0.4, -0.2) is 106 Å². The van der Waals surface area contributed by atoms with E-state index in [-0.39, 0.29) is 42.9 Å². The summed E-state index contributed by atoms with van der Waals surface area (Å²) in [4.78, 5) is 2.27. The SMILES string of the molecule is CCN1C[C@]2(CO)CCC(O)[C@]34C1C(C(OC)[C@H]23)[C@@]1(O)CC(OC)[C@H]2C[C@]4(O)[C@@H]1C2O. The molecule has 7 bridgehead atoms. The maximum Gasteiger partial charge on any atom is 0.0832 e. The molecule has 0 aromatic heterocycles. The predicted molar refractivity (Wildman–Crippen MR) is 109 cm³/mol. The summed E-state index contributed by atoms with van der Waals surface area (Å²) < 4.78 is 11.9. The molecule has 1 spiro atoms. The van der Waals surface area contributed by atoms with Crippen LogP contribution in [0.5, 0.6) is 0 Å². The molecule has 1 saturated heterocycles. The molecule has 5 aliphatic carbocycles. The molecular formula is C23H37NO7. The van der Waals surface area contributed by atoms with Gasteiger partial charge < -0.3 is 35.0 Å². The van der Waals surface area contributed by atoms with E-state index in [1.54, 1.807) is 14.2 Å². The van der Waals surface area contributed by atoms with Crippen LogP contribution in [0.25, 0.3) is 0 Å². The van der Waals surface area contributed by atoms with Crippen molar-refractivity contribution in [3.63, 3.8) is 0 Å². The van der Waals surface area contributed by atoms with Gasteiger partial charge in [-0.25, -0.2) is 0 Å². The number of hydrogen-bond donors (Lipinski definition) is 5. The van der Waals surface area contributed by atoms with E-state index in [1.165, 1.54) is 0 Å². The lowest BCUT2D eigenvalue weighted by molar-refractivity contribution is -0.325. The van der Waals surface area contributed by atoms with Gasteiger partial charge in [0.2, 0.25) is 0 Å². The van der Waals surface area contributed by atoms with Crippen molar-refractivity contribution < 1.29 is 35.0 Å². The van der Waals surface area contributed by atoms with E-state index in [2.05, 4.69) is 11.8 Å². The van der Waals surface area contributed by atoms with E-state index in [0.29, 0.717) is 32.4 Å². The van der Waals surface area contributed by atoms with E-state index >= 15 is 0 Å². The van der Waals surface area contributed by atoms with E-state index in [4.69, 9.17) is 9.47 Å². The van der Waals surface area contributed by atoms with Gasteiger partial charge in [0.25, 0.3) is 0 Å². The van der Waals surface area contributed by atoms with Crippen LogP contribution in [0.4, 0.5) is 0 Å². The van der Waals surface area contributed by atoms with Crippen molar-refractivity contribution in [1.82, 2.24) is 4.90 Å². The average Bonchev–Trinajstić information content (AvgIpc) is 3.13. The first kappa shape index (κ1) is 21.2. The molecule has 6 aliphatic rings. The highest BCUT2D eigenvalue weighted by molar-refractivity contribution is 5.40. The van der Waals surface area contributed by atoms with E-state index in [9.17, 15) is 25.5 Å². The second-order valence-electron chi connectivity index (χ2n) is 11.4. The van der Waals surface area contributed by atoms with Crippen LogP contribution >= 0.6 is 0 Å². The Balaban J connectivity index is 1.68. The van der Waals surface area contributed by atoms with Gasteiger partial charge in [0.05, 0.1) is 42.2 Å². The molecular weight excluding hydrogens is 402 g/mol. The first-order valence-electron chi connectivity index (χ1n) is 11.9. The van der Waals surface area contributed by atoms with Gasteiger partial charge in [-0.3, -0.25) is 4.90 Å². The molecule has 0 aromatic rings. The topological polar surface area (TPSA) is 123 Å². The van der Waals surface area contributed by atoms with Crippen molar-refractivity contribution in [3.8, 4) is 0 Å². The van der Waals surface area contributed by atoms with Crippen LogP contribution in [0.3, 0.4) is 0 Å². The number of nitrogens with zero attached hydrogens (tertiary/aromatic N) is 1. The van der Waals surface area contributed by atoms with Crippen LogP contribution in [0.1, 0.15) is 32.6 Å². The van der Waals surface area contributed by atoms with Crippen LogP contribution in [-0.2, 0) is 9.47 Å². The third-order valence-corrected chi connectivity index (χ3v) is 11.1. The van der Waals surface area contributed by atoms with Crippen LogP contribution in [0.15, 0.2) is 0 Å². The molecule has 6 unspecified atom stereocenters. The van der Waals surface area contributed by atoms with Crippen molar-refractivity contribution in [3.05, 3.63) is 0 Å². The van der Waals surface area contributed by atoms with Crippen LogP contribution < -0.4 is 0 Å². The molecule has 8 nitrogen and oxygen atoms in total. The average molecular weight is 440 g/mol. The Morgan fingerprint density at radius 2 is 1.81 bits per heavy atom. The number of aliphatic hydroxyl groups is 5. The minimum Gasteiger partial charge on any atom is -0.396 e. The van der Waals surface area contributed by atoms with Gasteiger partial charge in [-0.2, -0.15) is 0 Å². The fourth-order valence-electron chi connectivity index (χ4n) is 10.5. The third-order valence-electron chi connectivity index (χ3n) is 11.1. The van der Waals surface area contributed by atoms with Crippen molar-refractivity contribution in [2.75, 3.05) is 33.9 Å². The number of piperidine rings is 1. The van der Waals surface area contributed by atoms with Gasteiger partial charge >= 0.3 is 0 Å². The number of likely N-dealkylation sites (tertiary alicyclic amines) is 1. The van der Waals surface area contributed by atoms with Crippen molar-refractivity contribution in [2.45, 2.75) is 74.3 Å². The molecule has 31 heavy (non-hydrogen) atoms. The molecule has 176 valence electrons. The molecule has 13 atom stereocenters. The standard InChI is InChI=1S/C23H37NO7/c1-4-24-9-20(10-25)6-5-13(26)23-18(20)16(31-3)14(19(23)24)21(28)8-12(30-2)11-7-22(23,29)17(21)15(11)27/h11-19,25-29H,4-10H2,1-3H3/t11-,12?,13?,14?,15?,16?,17-,18-,19?,20+,21+,22+,23-/m1/s1. The molecule has 1 aliphatic heterocycles. The molecule has 0 radical (unpaired) electrons. The molecule has 8 heteroatoms. The number of ether oxygens (including phenoxy) is 2. The van der Waals surface area contributed by atoms with Crippen LogP contribution in [0.2, 0.25) is 0 Å². The maximum absolute atomic E-state index is 12.6. The van der Waals surface area contributed by atoms with Gasteiger partial charge in [0.15, 0.2) is 0 Å². The zero-order valence-corrected chi connectivity index (χ0v) is 18.6. The smallest absolute Gasteiger partial charge is 0.0832 e. The number of rotatable bonds is 4. The van der Waals surface area contributed by atoms with Gasteiger partial charge in [-0.15, -0.1) is 0 Å². The van der Waals surface area contributed by atoms with Gasteiger partial charge in [-0.1, -0.05) is 6.92 Å². The minimum absolute atomic E-state index is 0.0478. The Morgan fingerprint density at radius 1 is 1.06 bits per heavy atom. The zero-order valence-electron chi connectivity index (χ0n) is 18.6. The minimum atomic E-state index is -1.47. The normalized spacial score (nSPS) is 64.1. The summed E-state index contributed by atoms with van der Waals surface area (Å²) in [7, 11) is 3.24. The second kappa shape index (κ2) is 6.21. The largest absolute Gasteiger partial charge is 0.396 e. The fourth-order valence-corrected chi connectivity index (χ4v) is 10.5. The summed E-state index contributed by atoms with van der Waals surface area (Å²) in [5.74, 6) is -1.73. The number of fused-ring (bicyclic) bond motifs is 2. The molecule has 1 heterocycles. The van der Waals surface area contributed by atoms with Crippen molar-refractivity contribution in [2.24, 2.45) is 34.5 Å².